The van der Waals surface area contributed by atoms with Gasteiger partial charge in [-0.1, -0.05) is 29.8 Å². The van der Waals surface area contributed by atoms with Crippen molar-refractivity contribution in [2.75, 3.05) is 26.2 Å². The first kappa shape index (κ1) is 20.0. The molecule has 1 amide bonds. The van der Waals surface area contributed by atoms with Gasteiger partial charge in [-0.3, -0.25) is 9.48 Å². The first-order valence-electron chi connectivity index (χ1n) is 10.8. The predicted octanol–water partition coefficient (Wildman–Crippen LogP) is 4.81. The number of hydrogen-bond donors (Lipinski definition) is 0. The smallest absolute Gasteiger partial charge is 0.264 e. The largest absolute Gasteiger partial charge is 0.334 e. The maximum absolute atomic E-state index is 13.4. The highest BCUT2D eigenvalue weighted by Gasteiger charge is 2.32. The van der Waals surface area contributed by atoms with E-state index in [2.05, 4.69) is 9.80 Å². The van der Waals surface area contributed by atoms with Gasteiger partial charge in [-0.15, -0.1) is 11.3 Å². The lowest BCUT2D eigenvalue weighted by molar-refractivity contribution is 0.0714. The summed E-state index contributed by atoms with van der Waals surface area (Å²) < 4.78 is 1.99. The number of thiophene rings is 1. The van der Waals surface area contributed by atoms with Crippen molar-refractivity contribution in [3.63, 3.8) is 0 Å². The van der Waals surface area contributed by atoms with Gasteiger partial charge >= 0.3 is 0 Å². The van der Waals surface area contributed by atoms with Gasteiger partial charge in [0.15, 0.2) is 0 Å². The minimum absolute atomic E-state index is 0.182. The summed E-state index contributed by atoms with van der Waals surface area (Å²) in [6.07, 6.45) is 4.80. The van der Waals surface area contributed by atoms with E-state index in [-0.39, 0.29) is 5.91 Å². The Kier molecular flexibility index (Phi) is 5.56. The number of benzene rings is 1. The van der Waals surface area contributed by atoms with Crippen LogP contribution >= 0.6 is 22.9 Å². The highest BCUT2D eigenvalue weighted by atomic mass is 35.5. The number of rotatable bonds is 5. The maximum Gasteiger partial charge on any atom is 0.264 e. The molecule has 1 atom stereocenters. The minimum atomic E-state index is 0.182. The van der Waals surface area contributed by atoms with Crippen LogP contribution in [0.5, 0.6) is 0 Å². The Hall–Kier alpha value is -1.89. The summed E-state index contributed by atoms with van der Waals surface area (Å²) >= 11 is 7.92. The highest BCUT2D eigenvalue weighted by molar-refractivity contribution is 7.20. The van der Waals surface area contributed by atoms with Crippen molar-refractivity contribution >= 4 is 39.1 Å². The predicted molar refractivity (Wildman–Crippen MR) is 123 cm³/mol. The normalized spacial score (nSPS) is 19.9. The van der Waals surface area contributed by atoms with Crippen molar-refractivity contribution in [3.05, 3.63) is 51.5 Å². The lowest BCUT2D eigenvalue weighted by Gasteiger charge is -2.28. The number of aryl methyl sites for hydroxylation is 1. The Morgan fingerprint density at radius 2 is 2.00 bits per heavy atom. The molecule has 2 saturated heterocycles. The first-order chi connectivity index (χ1) is 14.6. The molecule has 2 aliphatic heterocycles. The fourth-order valence-electron chi connectivity index (χ4n) is 4.81. The monoisotopic (exact) mass is 442 g/mol. The van der Waals surface area contributed by atoms with Crippen LogP contribution in [0.1, 0.15) is 46.6 Å². The van der Waals surface area contributed by atoms with E-state index in [1.807, 2.05) is 41.9 Å². The van der Waals surface area contributed by atoms with E-state index >= 15 is 0 Å². The van der Waals surface area contributed by atoms with Gasteiger partial charge in [0.05, 0.1) is 17.1 Å². The number of amides is 1. The average Bonchev–Trinajstić information content (AvgIpc) is 3.52. The summed E-state index contributed by atoms with van der Waals surface area (Å²) in [5.74, 6) is 0.182. The molecule has 0 spiro atoms. The van der Waals surface area contributed by atoms with Crippen molar-refractivity contribution in [1.82, 2.24) is 19.6 Å². The molecule has 0 N–H and O–H groups in total. The molecule has 0 bridgehead atoms. The second kappa shape index (κ2) is 8.33. The van der Waals surface area contributed by atoms with Gasteiger partial charge in [0, 0.05) is 29.5 Å². The summed E-state index contributed by atoms with van der Waals surface area (Å²) in [4.78, 5) is 19.9. The molecule has 0 aliphatic carbocycles. The Balaban J connectivity index is 1.39. The van der Waals surface area contributed by atoms with Crippen molar-refractivity contribution in [2.45, 2.75) is 45.2 Å². The highest BCUT2D eigenvalue weighted by Crippen LogP contribution is 2.32. The molecule has 0 radical (unpaired) electrons. The zero-order chi connectivity index (χ0) is 20.7. The number of halogens is 1. The Labute approximate surface area is 186 Å². The zero-order valence-electron chi connectivity index (χ0n) is 17.3. The molecule has 7 heteroatoms. The molecule has 1 unspecified atom stereocenters. The SMILES string of the molecule is Cc1nn(Cc2ccccc2Cl)c2sc(C(=O)N3CCCC3CN3CCCC3)cc12. The molecule has 1 aromatic carbocycles. The molecule has 0 saturated carbocycles. The molecule has 2 aromatic heterocycles. The molecule has 3 aromatic rings. The average molecular weight is 443 g/mol. The summed E-state index contributed by atoms with van der Waals surface area (Å²) in [6, 6.07) is 10.2. The molecular formula is C23H27ClN4OS. The number of carbonyl (C=O) groups is 1. The second-order valence-electron chi connectivity index (χ2n) is 8.47. The van der Waals surface area contributed by atoms with Crippen LogP contribution in [-0.2, 0) is 6.54 Å². The topological polar surface area (TPSA) is 41.4 Å². The summed E-state index contributed by atoms with van der Waals surface area (Å²) in [5, 5.41) is 6.52. The number of aromatic nitrogens is 2. The molecule has 30 heavy (non-hydrogen) atoms. The van der Waals surface area contributed by atoms with Crippen LogP contribution in [0.2, 0.25) is 5.02 Å². The van der Waals surface area contributed by atoms with Crippen LogP contribution in [0.15, 0.2) is 30.3 Å². The van der Waals surface area contributed by atoms with Gasteiger partial charge in [0.1, 0.15) is 4.83 Å². The van der Waals surface area contributed by atoms with Crippen LogP contribution in [0.25, 0.3) is 10.2 Å². The molecule has 4 heterocycles. The van der Waals surface area contributed by atoms with Gasteiger partial charge in [-0.2, -0.15) is 5.10 Å². The van der Waals surface area contributed by atoms with Gasteiger partial charge < -0.3 is 9.80 Å². The van der Waals surface area contributed by atoms with Crippen LogP contribution in [0, 0.1) is 6.92 Å². The lowest BCUT2D eigenvalue weighted by Crippen LogP contribution is -2.42. The number of likely N-dealkylation sites (tertiary alicyclic amines) is 2. The molecule has 2 fully saturated rings. The van der Waals surface area contributed by atoms with E-state index in [1.54, 1.807) is 11.3 Å². The summed E-state index contributed by atoms with van der Waals surface area (Å²) in [5.41, 5.74) is 2.00. The van der Waals surface area contributed by atoms with E-state index in [4.69, 9.17) is 16.7 Å². The fourth-order valence-corrected chi connectivity index (χ4v) is 6.12. The Bertz CT molecular complexity index is 1070. The third kappa shape index (κ3) is 3.77. The van der Waals surface area contributed by atoms with E-state index < -0.39 is 0 Å². The first-order valence-corrected chi connectivity index (χ1v) is 12.0. The standard InChI is InChI=1S/C23H27ClN4OS/c1-16-19-13-21(22(29)27-12-6-8-18(27)15-26-10-4-5-11-26)30-23(19)28(25-16)14-17-7-2-3-9-20(17)24/h2-3,7,9,13,18H,4-6,8,10-12,14-15H2,1H3. The molecular weight excluding hydrogens is 416 g/mol. The Morgan fingerprint density at radius 3 is 2.80 bits per heavy atom. The van der Waals surface area contributed by atoms with Crippen molar-refractivity contribution < 1.29 is 4.79 Å². The number of carbonyl (C=O) groups excluding carboxylic acids is 1. The fraction of sp³-hybridized carbons (Fsp3) is 0.478. The maximum atomic E-state index is 13.4. The third-order valence-corrected chi connectivity index (χ3v) is 7.91. The van der Waals surface area contributed by atoms with Crippen molar-refractivity contribution in [3.8, 4) is 0 Å². The quantitative estimate of drug-likeness (QED) is 0.569. The van der Waals surface area contributed by atoms with Crippen molar-refractivity contribution in [1.29, 1.82) is 0 Å². The minimum Gasteiger partial charge on any atom is -0.334 e. The number of nitrogens with zero attached hydrogens (tertiary/aromatic N) is 4. The number of hydrogen-bond acceptors (Lipinski definition) is 4. The van der Waals surface area contributed by atoms with E-state index in [0.29, 0.717) is 12.6 Å². The Morgan fingerprint density at radius 1 is 1.20 bits per heavy atom. The van der Waals surface area contributed by atoms with E-state index in [1.165, 1.54) is 25.9 Å². The van der Waals surface area contributed by atoms with Crippen LogP contribution in [0.4, 0.5) is 0 Å². The van der Waals surface area contributed by atoms with Crippen molar-refractivity contribution in [2.24, 2.45) is 0 Å². The third-order valence-electron chi connectivity index (χ3n) is 6.40. The van der Waals surface area contributed by atoms with E-state index in [9.17, 15) is 4.79 Å². The number of fused-ring (bicyclic) bond motifs is 1. The van der Waals surface area contributed by atoms with Gasteiger partial charge in [0.25, 0.3) is 5.91 Å². The van der Waals surface area contributed by atoms with Crippen LogP contribution in [0.3, 0.4) is 0 Å². The summed E-state index contributed by atoms with van der Waals surface area (Å²) in [7, 11) is 0. The van der Waals surface area contributed by atoms with Gasteiger partial charge in [-0.05, 0) is 63.4 Å². The second-order valence-corrected chi connectivity index (χ2v) is 9.90. The zero-order valence-corrected chi connectivity index (χ0v) is 18.9. The lowest BCUT2D eigenvalue weighted by atomic mass is 10.2. The van der Waals surface area contributed by atoms with Gasteiger partial charge in [-0.25, -0.2) is 0 Å². The molecule has 5 rings (SSSR count). The van der Waals surface area contributed by atoms with E-state index in [0.717, 1.165) is 57.3 Å². The van der Waals surface area contributed by atoms with Crippen LogP contribution < -0.4 is 0 Å². The molecule has 158 valence electrons. The van der Waals surface area contributed by atoms with Gasteiger partial charge in [0.2, 0.25) is 0 Å². The molecule has 5 nitrogen and oxygen atoms in total. The summed E-state index contributed by atoms with van der Waals surface area (Å²) in [6.45, 7) is 6.88. The van der Waals surface area contributed by atoms with Crippen LogP contribution in [-0.4, -0.2) is 57.7 Å². The molecule has 2 aliphatic rings.